The maximum absolute atomic E-state index is 12.0. The number of ether oxygens (including phenoxy) is 2. The molecule has 9 nitrogen and oxygen atoms in total. The summed E-state index contributed by atoms with van der Waals surface area (Å²) in [5.74, 6) is 0.770. The molecule has 182 valence electrons. The zero-order chi connectivity index (χ0) is 25.2. The van der Waals surface area contributed by atoms with Gasteiger partial charge in [0.1, 0.15) is 6.61 Å². The number of hydrogen-bond donors (Lipinski definition) is 1. The van der Waals surface area contributed by atoms with Gasteiger partial charge >= 0.3 is 0 Å². The number of nitro groups is 1. The molecule has 0 saturated carbocycles. The Labute approximate surface area is 216 Å². The first-order valence-corrected chi connectivity index (χ1v) is 11.8. The van der Waals surface area contributed by atoms with Crippen molar-refractivity contribution in [2.24, 2.45) is 5.16 Å². The largest absolute Gasteiger partial charge is 0.490 e. The van der Waals surface area contributed by atoms with Crippen LogP contribution in [0.1, 0.15) is 23.6 Å². The number of nitrogens with zero attached hydrogens (tertiary/aromatic N) is 2. The van der Waals surface area contributed by atoms with Gasteiger partial charge in [-0.05, 0) is 78.4 Å². The van der Waals surface area contributed by atoms with Crippen molar-refractivity contribution in [1.29, 1.82) is 0 Å². The van der Waals surface area contributed by atoms with E-state index in [1.54, 1.807) is 18.2 Å². The molecule has 0 unspecified atom stereocenters. The Hall–Kier alpha value is -3.67. The molecule has 0 aliphatic carbocycles. The molecular formula is C25H24IN3O6. The van der Waals surface area contributed by atoms with Crippen molar-refractivity contribution < 1.29 is 24.0 Å². The van der Waals surface area contributed by atoms with Gasteiger partial charge in [-0.1, -0.05) is 22.9 Å². The molecule has 1 N–H and O–H groups in total. The van der Waals surface area contributed by atoms with Crippen molar-refractivity contribution in [3.63, 3.8) is 0 Å². The summed E-state index contributed by atoms with van der Waals surface area (Å²) in [6.45, 7) is 4.26. The summed E-state index contributed by atoms with van der Waals surface area (Å²) >= 11 is 2.13. The van der Waals surface area contributed by atoms with Crippen LogP contribution in [-0.4, -0.2) is 30.3 Å². The predicted molar refractivity (Wildman–Crippen MR) is 141 cm³/mol. The Bertz CT molecular complexity index is 1200. The van der Waals surface area contributed by atoms with Crippen LogP contribution in [0.5, 0.6) is 11.5 Å². The van der Waals surface area contributed by atoms with E-state index in [2.05, 4.69) is 33.1 Å². The summed E-state index contributed by atoms with van der Waals surface area (Å²) in [6.07, 6.45) is 1.49. The number of rotatable bonds is 11. The van der Waals surface area contributed by atoms with E-state index in [0.717, 1.165) is 14.7 Å². The summed E-state index contributed by atoms with van der Waals surface area (Å²) in [7, 11) is 0. The first-order valence-electron chi connectivity index (χ1n) is 10.7. The highest BCUT2D eigenvalue weighted by atomic mass is 127. The van der Waals surface area contributed by atoms with E-state index in [9.17, 15) is 14.9 Å². The lowest BCUT2D eigenvalue weighted by Crippen LogP contribution is -2.16. The number of non-ortho nitro benzene ring substituents is 1. The van der Waals surface area contributed by atoms with Crippen LogP contribution >= 0.6 is 22.6 Å². The average molecular weight is 589 g/mol. The minimum atomic E-state index is -0.443. The molecule has 0 aliphatic heterocycles. The summed E-state index contributed by atoms with van der Waals surface area (Å²) in [4.78, 5) is 27.5. The van der Waals surface area contributed by atoms with Crippen LogP contribution in [-0.2, 0) is 16.2 Å². The van der Waals surface area contributed by atoms with Gasteiger partial charge in [0.05, 0.1) is 21.3 Å². The van der Waals surface area contributed by atoms with E-state index >= 15 is 0 Å². The second-order valence-electron chi connectivity index (χ2n) is 7.40. The number of nitro benzene ring substituents is 1. The molecule has 10 heteroatoms. The van der Waals surface area contributed by atoms with Crippen molar-refractivity contribution in [1.82, 2.24) is 0 Å². The van der Waals surface area contributed by atoms with Crippen LogP contribution in [0.3, 0.4) is 0 Å². The summed E-state index contributed by atoms with van der Waals surface area (Å²) in [5, 5.41) is 17.4. The van der Waals surface area contributed by atoms with Gasteiger partial charge in [-0.2, -0.15) is 0 Å². The van der Waals surface area contributed by atoms with Crippen LogP contribution in [0.2, 0.25) is 0 Å². The number of aryl methyl sites for hydroxylation is 1. The van der Waals surface area contributed by atoms with E-state index in [4.69, 9.17) is 14.3 Å². The van der Waals surface area contributed by atoms with Gasteiger partial charge in [-0.15, -0.1) is 0 Å². The Morgan fingerprint density at radius 2 is 1.83 bits per heavy atom. The SMILES string of the molecule is CCOc1cc(/C=N/OCC(=O)Nc2ccc(C)cc2)cc(I)c1OCc1ccc([N+](=O)[O-])cc1. The van der Waals surface area contributed by atoms with Gasteiger partial charge in [-0.3, -0.25) is 14.9 Å². The second-order valence-corrected chi connectivity index (χ2v) is 8.56. The number of anilines is 1. The van der Waals surface area contributed by atoms with E-state index in [1.807, 2.05) is 44.2 Å². The van der Waals surface area contributed by atoms with Crippen LogP contribution in [0.4, 0.5) is 11.4 Å². The summed E-state index contributed by atoms with van der Waals surface area (Å²) in [5.41, 5.74) is 3.31. The number of nitrogens with one attached hydrogen (secondary N) is 1. The Morgan fingerprint density at radius 1 is 1.11 bits per heavy atom. The molecule has 0 spiro atoms. The highest BCUT2D eigenvalue weighted by Gasteiger charge is 2.13. The molecule has 0 heterocycles. The zero-order valence-electron chi connectivity index (χ0n) is 19.2. The lowest BCUT2D eigenvalue weighted by Gasteiger charge is -2.14. The fourth-order valence-electron chi connectivity index (χ4n) is 2.96. The van der Waals surface area contributed by atoms with E-state index < -0.39 is 4.92 Å². The molecule has 1 amide bonds. The highest BCUT2D eigenvalue weighted by molar-refractivity contribution is 14.1. The molecule has 0 aliphatic rings. The van der Waals surface area contributed by atoms with Crippen molar-refractivity contribution in [2.75, 3.05) is 18.5 Å². The molecule has 0 saturated heterocycles. The third-order valence-electron chi connectivity index (χ3n) is 4.67. The number of carbonyl (C=O) groups excluding carboxylic acids is 1. The van der Waals surface area contributed by atoms with Crippen LogP contribution < -0.4 is 14.8 Å². The van der Waals surface area contributed by atoms with E-state index in [0.29, 0.717) is 29.4 Å². The monoisotopic (exact) mass is 589 g/mol. The van der Waals surface area contributed by atoms with Gasteiger partial charge < -0.3 is 19.6 Å². The number of benzene rings is 3. The lowest BCUT2D eigenvalue weighted by molar-refractivity contribution is -0.384. The smallest absolute Gasteiger partial charge is 0.269 e. The normalized spacial score (nSPS) is 10.7. The Morgan fingerprint density at radius 3 is 2.49 bits per heavy atom. The number of amides is 1. The van der Waals surface area contributed by atoms with Crippen molar-refractivity contribution in [2.45, 2.75) is 20.5 Å². The molecule has 35 heavy (non-hydrogen) atoms. The standard InChI is InChI=1S/C25H24IN3O6/c1-3-33-23-13-19(14-27-35-16-24(30)28-20-8-4-17(2)5-9-20)12-22(26)25(23)34-15-18-6-10-21(11-7-18)29(31)32/h4-14H,3,15-16H2,1-2H3,(H,28,30)/b27-14+. The fraction of sp³-hybridized carbons (Fsp3) is 0.200. The molecule has 3 aromatic carbocycles. The third kappa shape index (κ3) is 7.95. The van der Waals surface area contributed by atoms with Crippen molar-refractivity contribution in [3.05, 3.63) is 91.0 Å². The van der Waals surface area contributed by atoms with Crippen molar-refractivity contribution in [3.8, 4) is 11.5 Å². The average Bonchev–Trinajstić information content (AvgIpc) is 2.83. The number of carbonyl (C=O) groups is 1. The van der Waals surface area contributed by atoms with Crippen LogP contribution in [0.25, 0.3) is 0 Å². The third-order valence-corrected chi connectivity index (χ3v) is 5.47. The van der Waals surface area contributed by atoms with Gasteiger partial charge in [0.25, 0.3) is 11.6 Å². The summed E-state index contributed by atoms with van der Waals surface area (Å²) in [6, 6.07) is 17.2. The second kappa shape index (κ2) is 12.7. The molecule has 0 bridgehead atoms. The number of hydrogen-bond acceptors (Lipinski definition) is 7. The summed E-state index contributed by atoms with van der Waals surface area (Å²) < 4.78 is 12.5. The van der Waals surface area contributed by atoms with Gasteiger partial charge in [0.15, 0.2) is 18.1 Å². The lowest BCUT2D eigenvalue weighted by atomic mass is 10.2. The highest BCUT2D eigenvalue weighted by Crippen LogP contribution is 2.34. The molecule has 3 aromatic rings. The molecule has 0 atom stereocenters. The number of oxime groups is 1. The molecule has 0 aromatic heterocycles. The molecule has 0 radical (unpaired) electrons. The van der Waals surface area contributed by atoms with Crippen molar-refractivity contribution >= 4 is 46.1 Å². The van der Waals surface area contributed by atoms with E-state index in [1.165, 1.54) is 18.3 Å². The van der Waals surface area contributed by atoms with E-state index in [-0.39, 0.29) is 24.8 Å². The molecule has 0 fully saturated rings. The first kappa shape index (κ1) is 25.9. The Balaban J connectivity index is 1.59. The quantitative estimate of drug-likeness (QED) is 0.137. The maximum Gasteiger partial charge on any atom is 0.269 e. The molecule has 3 rings (SSSR count). The van der Waals surface area contributed by atoms with Gasteiger partial charge in [-0.25, -0.2) is 0 Å². The maximum atomic E-state index is 12.0. The minimum absolute atomic E-state index is 0.0248. The first-order chi connectivity index (χ1) is 16.9. The van der Waals surface area contributed by atoms with Crippen LogP contribution in [0, 0.1) is 20.6 Å². The molecular weight excluding hydrogens is 565 g/mol. The topological polar surface area (TPSA) is 112 Å². The van der Waals surface area contributed by atoms with Gasteiger partial charge in [0, 0.05) is 23.4 Å². The van der Waals surface area contributed by atoms with Crippen LogP contribution in [0.15, 0.2) is 65.8 Å². The fourth-order valence-corrected chi connectivity index (χ4v) is 3.74. The predicted octanol–water partition coefficient (Wildman–Crippen LogP) is 5.47. The zero-order valence-corrected chi connectivity index (χ0v) is 21.4. The Kier molecular flexibility index (Phi) is 9.41. The van der Waals surface area contributed by atoms with Gasteiger partial charge in [0.2, 0.25) is 0 Å². The minimum Gasteiger partial charge on any atom is -0.490 e. The number of halogens is 1.